The van der Waals surface area contributed by atoms with Gasteiger partial charge in [-0.2, -0.15) is 0 Å². The lowest BCUT2D eigenvalue weighted by Crippen LogP contribution is -2.56. The predicted octanol–water partition coefficient (Wildman–Crippen LogP) is 5.50. The van der Waals surface area contributed by atoms with Gasteiger partial charge in [0.1, 0.15) is 0 Å². The molecular formula is C20H34O. The molecular weight excluding hydrogens is 256 g/mol. The Kier molecular flexibility index (Phi) is 4.46. The predicted molar refractivity (Wildman–Crippen MR) is 91.1 cm³/mol. The fourth-order valence-electron chi connectivity index (χ4n) is 5.33. The SMILES string of the molecule is C/C=C(C)/C=C\C1[C@@]2(C)CCCC(C)(C)C2CC[C@@]1(C)O. The van der Waals surface area contributed by atoms with Crippen LogP contribution in [0.3, 0.4) is 0 Å². The van der Waals surface area contributed by atoms with Gasteiger partial charge in [0, 0.05) is 5.92 Å². The molecule has 0 aromatic rings. The largest absolute Gasteiger partial charge is 0.390 e. The third-order valence-electron chi connectivity index (χ3n) is 6.60. The summed E-state index contributed by atoms with van der Waals surface area (Å²) in [7, 11) is 0. The van der Waals surface area contributed by atoms with Crippen molar-refractivity contribution in [3.05, 3.63) is 23.8 Å². The molecule has 0 aromatic carbocycles. The number of rotatable bonds is 2. The monoisotopic (exact) mass is 290 g/mol. The van der Waals surface area contributed by atoms with Crippen molar-refractivity contribution in [2.75, 3.05) is 0 Å². The van der Waals surface area contributed by atoms with Crippen LogP contribution in [0.2, 0.25) is 0 Å². The van der Waals surface area contributed by atoms with Crippen LogP contribution in [0, 0.1) is 22.7 Å². The van der Waals surface area contributed by atoms with Gasteiger partial charge in [0.05, 0.1) is 5.60 Å². The lowest BCUT2D eigenvalue weighted by atomic mass is 9.45. The molecule has 1 nitrogen and oxygen atoms in total. The first-order valence-corrected chi connectivity index (χ1v) is 8.67. The first-order chi connectivity index (χ1) is 9.63. The quantitative estimate of drug-likeness (QED) is 0.665. The van der Waals surface area contributed by atoms with E-state index in [4.69, 9.17) is 0 Å². The third kappa shape index (κ3) is 2.99. The van der Waals surface area contributed by atoms with E-state index in [-0.39, 0.29) is 11.3 Å². The van der Waals surface area contributed by atoms with Crippen molar-refractivity contribution in [3.63, 3.8) is 0 Å². The Labute approximate surface area is 131 Å². The van der Waals surface area contributed by atoms with E-state index >= 15 is 0 Å². The topological polar surface area (TPSA) is 20.2 Å². The lowest BCUT2D eigenvalue weighted by molar-refractivity contribution is -0.149. The molecule has 1 heteroatoms. The maximum absolute atomic E-state index is 11.0. The van der Waals surface area contributed by atoms with Crippen molar-refractivity contribution in [3.8, 4) is 0 Å². The summed E-state index contributed by atoms with van der Waals surface area (Å²) < 4.78 is 0. The van der Waals surface area contributed by atoms with Gasteiger partial charge in [0.15, 0.2) is 0 Å². The van der Waals surface area contributed by atoms with Crippen molar-refractivity contribution >= 4 is 0 Å². The molecule has 2 saturated carbocycles. The minimum absolute atomic E-state index is 0.230. The summed E-state index contributed by atoms with van der Waals surface area (Å²) in [4.78, 5) is 0. The van der Waals surface area contributed by atoms with Gasteiger partial charge in [0.2, 0.25) is 0 Å². The van der Waals surface area contributed by atoms with Gasteiger partial charge in [-0.15, -0.1) is 0 Å². The normalized spacial score (nSPS) is 43.9. The summed E-state index contributed by atoms with van der Waals surface area (Å²) in [6.07, 6.45) is 12.6. The van der Waals surface area contributed by atoms with Gasteiger partial charge in [-0.3, -0.25) is 0 Å². The second-order valence-corrected chi connectivity index (χ2v) is 8.67. The van der Waals surface area contributed by atoms with E-state index < -0.39 is 5.60 Å². The molecule has 0 spiro atoms. The summed E-state index contributed by atoms with van der Waals surface area (Å²) in [5.74, 6) is 0.984. The molecule has 2 aliphatic rings. The van der Waals surface area contributed by atoms with E-state index in [9.17, 15) is 5.11 Å². The molecule has 0 bridgehead atoms. The van der Waals surface area contributed by atoms with Crippen molar-refractivity contribution in [2.24, 2.45) is 22.7 Å². The Morgan fingerprint density at radius 1 is 1.10 bits per heavy atom. The first-order valence-electron chi connectivity index (χ1n) is 8.67. The molecule has 2 rings (SSSR count). The Balaban J connectivity index is 2.39. The molecule has 2 fully saturated rings. The standard InChI is InChI=1S/C20H34O/c1-7-15(2)9-10-17-19(5)13-8-12-18(3,4)16(19)11-14-20(17,6)21/h7,9-10,16-17,21H,8,11-14H2,1-6H3/b10-9-,15-7+/t16?,17?,19-,20+/m0/s1. The van der Waals surface area contributed by atoms with Gasteiger partial charge in [0.25, 0.3) is 0 Å². The summed E-state index contributed by atoms with van der Waals surface area (Å²) >= 11 is 0. The van der Waals surface area contributed by atoms with Crippen LogP contribution in [-0.2, 0) is 0 Å². The highest BCUT2D eigenvalue weighted by molar-refractivity contribution is 5.21. The van der Waals surface area contributed by atoms with E-state index in [2.05, 4.69) is 59.8 Å². The average molecular weight is 290 g/mol. The van der Waals surface area contributed by atoms with Crippen LogP contribution in [-0.4, -0.2) is 10.7 Å². The summed E-state index contributed by atoms with van der Waals surface area (Å²) in [6, 6.07) is 0. The zero-order valence-electron chi connectivity index (χ0n) is 14.9. The highest BCUT2D eigenvalue weighted by atomic mass is 16.3. The number of allylic oxidation sites excluding steroid dienone is 3. The highest BCUT2D eigenvalue weighted by Gasteiger charge is 2.56. The molecule has 0 aromatic heterocycles. The van der Waals surface area contributed by atoms with Crippen molar-refractivity contribution in [2.45, 2.75) is 79.2 Å². The fraction of sp³-hybridized carbons (Fsp3) is 0.800. The second kappa shape index (κ2) is 5.57. The maximum Gasteiger partial charge on any atom is 0.0687 e. The van der Waals surface area contributed by atoms with Gasteiger partial charge < -0.3 is 5.11 Å². The molecule has 0 amide bonds. The highest BCUT2D eigenvalue weighted by Crippen LogP contribution is 2.62. The van der Waals surface area contributed by atoms with Crippen LogP contribution in [0.1, 0.15) is 73.6 Å². The molecule has 0 heterocycles. The number of fused-ring (bicyclic) bond motifs is 1. The Bertz CT molecular complexity index is 441. The molecule has 4 atom stereocenters. The number of aliphatic hydroxyl groups is 1. The molecule has 0 aliphatic heterocycles. The zero-order chi connectivity index (χ0) is 15.9. The summed E-state index contributed by atoms with van der Waals surface area (Å²) in [5.41, 5.74) is 1.36. The number of hydrogen-bond donors (Lipinski definition) is 1. The minimum atomic E-state index is -0.566. The van der Waals surface area contributed by atoms with Gasteiger partial charge in [-0.05, 0) is 63.2 Å². The van der Waals surface area contributed by atoms with E-state index in [0.717, 1.165) is 12.3 Å². The van der Waals surface area contributed by atoms with Crippen LogP contribution < -0.4 is 0 Å². The smallest absolute Gasteiger partial charge is 0.0687 e. The van der Waals surface area contributed by atoms with Crippen LogP contribution in [0.5, 0.6) is 0 Å². The van der Waals surface area contributed by atoms with Crippen molar-refractivity contribution in [1.82, 2.24) is 0 Å². The van der Waals surface area contributed by atoms with E-state index in [1.54, 1.807) is 0 Å². The third-order valence-corrected chi connectivity index (χ3v) is 6.60. The second-order valence-electron chi connectivity index (χ2n) is 8.67. The van der Waals surface area contributed by atoms with Crippen molar-refractivity contribution < 1.29 is 5.11 Å². The first kappa shape index (κ1) is 16.8. The molecule has 21 heavy (non-hydrogen) atoms. The van der Waals surface area contributed by atoms with Crippen LogP contribution in [0.15, 0.2) is 23.8 Å². The average Bonchev–Trinajstić information content (AvgIpc) is 2.35. The Morgan fingerprint density at radius 2 is 1.76 bits per heavy atom. The summed E-state index contributed by atoms with van der Waals surface area (Å²) in [6.45, 7) is 13.6. The van der Waals surface area contributed by atoms with Crippen LogP contribution >= 0.6 is 0 Å². The minimum Gasteiger partial charge on any atom is -0.390 e. The van der Waals surface area contributed by atoms with Crippen LogP contribution in [0.4, 0.5) is 0 Å². The lowest BCUT2D eigenvalue weighted by Gasteiger charge is -2.60. The van der Waals surface area contributed by atoms with E-state index in [1.807, 2.05) is 0 Å². The molecule has 1 N–H and O–H groups in total. The van der Waals surface area contributed by atoms with Gasteiger partial charge in [-0.1, -0.05) is 51.0 Å². The Hall–Kier alpha value is -0.560. The Morgan fingerprint density at radius 3 is 2.38 bits per heavy atom. The van der Waals surface area contributed by atoms with E-state index in [1.165, 1.54) is 31.3 Å². The maximum atomic E-state index is 11.0. The molecule has 0 radical (unpaired) electrons. The van der Waals surface area contributed by atoms with Gasteiger partial charge in [-0.25, -0.2) is 0 Å². The number of hydrogen-bond acceptors (Lipinski definition) is 1. The molecule has 2 aliphatic carbocycles. The summed E-state index contributed by atoms with van der Waals surface area (Å²) in [5, 5.41) is 11.0. The molecule has 0 saturated heterocycles. The van der Waals surface area contributed by atoms with E-state index in [0.29, 0.717) is 5.41 Å². The zero-order valence-corrected chi connectivity index (χ0v) is 14.9. The van der Waals surface area contributed by atoms with Gasteiger partial charge >= 0.3 is 0 Å². The fourth-order valence-corrected chi connectivity index (χ4v) is 5.33. The molecule has 2 unspecified atom stereocenters. The molecule has 120 valence electrons. The van der Waals surface area contributed by atoms with Crippen LogP contribution in [0.25, 0.3) is 0 Å². The van der Waals surface area contributed by atoms with Crippen molar-refractivity contribution in [1.29, 1.82) is 0 Å².